The van der Waals surface area contributed by atoms with Crippen molar-refractivity contribution in [1.29, 1.82) is 0 Å². The second-order valence-electron chi connectivity index (χ2n) is 27.6. The van der Waals surface area contributed by atoms with Crippen LogP contribution in [0.15, 0.2) is 145 Å². The van der Waals surface area contributed by atoms with Gasteiger partial charge in [-0.25, -0.2) is 4.39 Å². The third-order valence-electron chi connectivity index (χ3n) is 21.3. The largest absolute Gasteiger partial charge is 0.497 e. The molecule has 3 fully saturated rings. The highest BCUT2D eigenvalue weighted by Gasteiger charge is 2.59. The van der Waals surface area contributed by atoms with Crippen molar-refractivity contribution in [2.45, 2.75) is 187 Å². The van der Waals surface area contributed by atoms with Gasteiger partial charge in [-0.3, -0.25) is 24.5 Å². The van der Waals surface area contributed by atoms with Crippen LogP contribution in [0, 0.1) is 52.2 Å². The average Bonchev–Trinajstić information content (AvgIpc) is 1.37. The van der Waals surface area contributed by atoms with Gasteiger partial charge in [0.15, 0.2) is 0 Å². The third kappa shape index (κ3) is 17.1. The van der Waals surface area contributed by atoms with Gasteiger partial charge in [0.2, 0.25) is 23.6 Å². The molecular weight excluding hydrogens is 1130 g/mol. The fraction of sp³-hybridized carbons (Fsp3) is 0.532. The van der Waals surface area contributed by atoms with E-state index in [-0.39, 0.29) is 49.7 Å². The first-order valence-corrected chi connectivity index (χ1v) is 33.9. The lowest BCUT2D eigenvalue weighted by atomic mass is 9.47. The van der Waals surface area contributed by atoms with Crippen molar-refractivity contribution in [3.05, 3.63) is 179 Å². The molecule has 0 aromatic heterocycles. The van der Waals surface area contributed by atoms with Gasteiger partial charge in [0.25, 0.3) is 0 Å². The molecule has 0 saturated heterocycles. The summed E-state index contributed by atoms with van der Waals surface area (Å²) in [5.41, 5.74) is 6.66. The molecule has 4 aliphatic carbocycles. The summed E-state index contributed by atoms with van der Waals surface area (Å²) < 4.78 is 26.1. The fourth-order valence-electron chi connectivity index (χ4n) is 16.5. The summed E-state index contributed by atoms with van der Waals surface area (Å²) in [6, 6.07) is 39.7. The van der Waals surface area contributed by atoms with Gasteiger partial charge in [-0.05, 0) is 201 Å². The Bertz CT molecular complexity index is 3080. The summed E-state index contributed by atoms with van der Waals surface area (Å²) in [7, 11) is 1.65. The van der Waals surface area contributed by atoms with E-state index in [4.69, 9.17) is 9.47 Å². The number of fused-ring (bicyclic) bond motifs is 5. The van der Waals surface area contributed by atoms with Gasteiger partial charge in [-0.15, -0.1) is 0 Å². The number of anilines is 1. The predicted molar refractivity (Wildman–Crippen MR) is 357 cm³/mol. The molecule has 0 heterocycles. The molecule has 12 nitrogen and oxygen atoms in total. The van der Waals surface area contributed by atoms with Crippen LogP contribution in [0.4, 0.5) is 10.1 Å². The molecule has 484 valence electrons. The zero-order valence-electron chi connectivity index (χ0n) is 54.5. The Morgan fingerprint density at radius 2 is 1.36 bits per heavy atom. The zero-order chi connectivity index (χ0) is 63.7. The minimum Gasteiger partial charge on any atom is -0.497 e. The van der Waals surface area contributed by atoms with Crippen molar-refractivity contribution in [2.75, 3.05) is 32.1 Å². The van der Waals surface area contributed by atoms with E-state index in [9.17, 15) is 28.7 Å². The van der Waals surface area contributed by atoms with Crippen LogP contribution in [-0.2, 0) is 42.5 Å². The smallest absolute Gasteiger partial charge is 0.246 e. The van der Waals surface area contributed by atoms with Gasteiger partial charge in [0.1, 0.15) is 17.6 Å². The number of halogens is 1. The van der Waals surface area contributed by atoms with Crippen LogP contribution < -0.4 is 31.3 Å². The molecule has 0 spiro atoms. The van der Waals surface area contributed by atoms with Crippen molar-refractivity contribution < 1.29 is 38.1 Å². The van der Waals surface area contributed by atoms with Gasteiger partial charge in [0, 0.05) is 44.1 Å². The van der Waals surface area contributed by atoms with Gasteiger partial charge < -0.3 is 35.8 Å². The van der Waals surface area contributed by atoms with E-state index in [2.05, 4.69) is 104 Å². The predicted octanol–water partition coefficient (Wildman–Crippen LogP) is 14.3. The quantitative estimate of drug-likeness (QED) is 0.0141. The van der Waals surface area contributed by atoms with Crippen molar-refractivity contribution in [2.24, 2.45) is 46.3 Å². The standard InChI is InChI=1S/C77H102FN5O7/c1-53(2)17-15-18-54(3)67-38-39-68-66-37-30-60-50-65(42-44-75(60,4)69(66)43-45-76(67,68)5)90-48-16-46-79-71(85)40-41-72(86)81-63(49-55-24-31-61(78)32-25-55)51-73(87)83-70(74(88)82-62-33-26-56(52-84)27-34-62)23-13-14-47-80-77(57-19-9-7-10-20-57,58-21-11-8-12-22-58)59-28-35-64(89-6)36-29-59/h7-12,19-22,24-36,53-54,63,65-70,80,84H,13-18,23,37-52H2,1-6H3,(H,79,85)(H,81,86)(H,82,88)(H,83,87)/t54?,63?,65-,66-,67+,68-,69-,70?,75-,76+/m0/s1. The van der Waals surface area contributed by atoms with Gasteiger partial charge in [-0.1, -0.05) is 163 Å². The Kier molecular flexibility index (Phi) is 24.1. The molecule has 0 bridgehead atoms. The molecule has 3 unspecified atom stereocenters. The first-order chi connectivity index (χ1) is 43.5. The second kappa shape index (κ2) is 32.1. The van der Waals surface area contributed by atoms with E-state index in [1.165, 1.54) is 69.9 Å². The number of hydrogen-bond acceptors (Lipinski definition) is 8. The van der Waals surface area contributed by atoms with E-state index in [1.54, 1.807) is 49.1 Å². The number of aliphatic hydroxyl groups is 1. The maximum absolute atomic E-state index is 14.2. The van der Waals surface area contributed by atoms with Crippen molar-refractivity contribution >= 4 is 29.3 Å². The number of aliphatic hydroxyl groups excluding tert-OH is 1. The molecule has 6 N–H and O–H groups in total. The molecule has 5 aromatic carbocycles. The number of nitrogens with one attached hydrogen (secondary N) is 5. The SMILES string of the molecule is COc1ccc(C(NCCCCC(NC(=O)CC(Cc2ccc(F)cc2)NC(=O)CCC(=O)NCCCO[C@H]2CC[C@@]3(C)C(=CC[C@H]4[C@@H]5CC[C@H](C(C)CCCC(C)C)[C@@]5(C)CC[C@@H]43)C2)C(=O)Nc2ccc(CO)cc2)(c2ccccc2)c2ccccc2)cc1. The number of ether oxygens (including phenoxy) is 2. The first-order valence-electron chi connectivity index (χ1n) is 33.9. The number of amides is 4. The first kappa shape index (κ1) is 67.7. The summed E-state index contributed by atoms with van der Waals surface area (Å²) in [4.78, 5) is 55.2. The number of benzene rings is 5. The highest BCUT2D eigenvalue weighted by Crippen LogP contribution is 2.67. The molecule has 5 aromatic rings. The highest BCUT2D eigenvalue weighted by atomic mass is 19.1. The van der Waals surface area contributed by atoms with E-state index >= 15 is 0 Å². The van der Waals surface area contributed by atoms with Gasteiger partial charge >= 0.3 is 0 Å². The molecule has 9 rings (SSSR count). The maximum Gasteiger partial charge on any atom is 0.246 e. The van der Waals surface area contributed by atoms with Crippen LogP contribution in [0.1, 0.15) is 178 Å². The number of allylic oxidation sites excluding steroid dienone is 1. The summed E-state index contributed by atoms with van der Waals surface area (Å²) in [6.45, 7) is 13.9. The molecular formula is C77H102FN5O7. The zero-order valence-corrected chi connectivity index (χ0v) is 54.5. The third-order valence-corrected chi connectivity index (χ3v) is 21.3. The second-order valence-corrected chi connectivity index (χ2v) is 27.6. The summed E-state index contributed by atoms with van der Waals surface area (Å²) in [5, 5.41) is 25.5. The molecule has 4 aliphatic rings. The summed E-state index contributed by atoms with van der Waals surface area (Å²) in [5.74, 6) is 3.70. The molecule has 0 aliphatic heterocycles. The average molecular weight is 1230 g/mol. The van der Waals surface area contributed by atoms with Crippen LogP contribution in [0.25, 0.3) is 0 Å². The van der Waals surface area contributed by atoms with Crippen molar-refractivity contribution in [3.63, 3.8) is 0 Å². The van der Waals surface area contributed by atoms with Crippen LogP contribution in [0.5, 0.6) is 5.75 Å². The van der Waals surface area contributed by atoms with E-state index in [0.29, 0.717) is 67.6 Å². The van der Waals surface area contributed by atoms with Crippen LogP contribution in [0.2, 0.25) is 0 Å². The maximum atomic E-state index is 14.2. The Labute approximate surface area is 536 Å². The molecule has 90 heavy (non-hydrogen) atoms. The minimum atomic E-state index is -0.950. The molecule has 0 radical (unpaired) electrons. The van der Waals surface area contributed by atoms with Crippen molar-refractivity contribution in [1.82, 2.24) is 21.3 Å². The summed E-state index contributed by atoms with van der Waals surface area (Å²) >= 11 is 0. The number of unbranched alkanes of at least 4 members (excludes halogenated alkanes) is 1. The topological polar surface area (TPSA) is 167 Å². The normalized spacial score (nSPS) is 23.0. The Balaban J connectivity index is 0.757. The highest BCUT2D eigenvalue weighted by molar-refractivity contribution is 5.97. The van der Waals surface area contributed by atoms with Gasteiger partial charge in [-0.2, -0.15) is 0 Å². The number of methoxy groups -OCH3 is 1. The van der Waals surface area contributed by atoms with E-state index in [1.807, 2.05) is 48.5 Å². The Hall–Kier alpha value is -6.67. The van der Waals surface area contributed by atoms with Crippen molar-refractivity contribution in [3.8, 4) is 5.75 Å². The van der Waals surface area contributed by atoms with Crippen LogP contribution in [-0.4, -0.2) is 73.7 Å². The van der Waals surface area contributed by atoms with E-state index in [0.717, 1.165) is 70.8 Å². The molecule has 4 amide bonds. The Morgan fingerprint density at radius 1 is 0.678 bits per heavy atom. The van der Waals surface area contributed by atoms with Gasteiger partial charge in [0.05, 0.1) is 25.4 Å². The monoisotopic (exact) mass is 1230 g/mol. The lowest BCUT2D eigenvalue weighted by Gasteiger charge is -2.58. The van der Waals surface area contributed by atoms with E-state index < -0.39 is 41.2 Å². The minimum absolute atomic E-state index is 0.0357. The number of carbonyl (C=O) groups excluding carboxylic acids is 4. The Morgan fingerprint density at radius 3 is 2.03 bits per heavy atom. The number of rotatable bonds is 32. The van der Waals surface area contributed by atoms with Crippen LogP contribution in [0.3, 0.4) is 0 Å². The fourth-order valence-corrected chi connectivity index (χ4v) is 16.5. The molecule has 13 heteroatoms. The van der Waals surface area contributed by atoms with Crippen LogP contribution >= 0.6 is 0 Å². The molecule has 10 atom stereocenters. The number of carbonyl (C=O) groups is 4. The lowest BCUT2D eigenvalue weighted by molar-refractivity contribution is -0.128. The summed E-state index contributed by atoms with van der Waals surface area (Å²) in [6.07, 6.45) is 19.0. The lowest BCUT2D eigenvalue weighted by Crippen LogP contribution is -2.51. The molecule has 3 saturated carbocycles. The number of hydrogen-bond donors (Lipinski definition) is 6.